The van der Waals surface area contributed by atoms with Crippen molar-refractivity contribution in [2.24, 2.45) is 7.05 Å². The maximum Gasteiger partial charge on any atom is 0.329 e. The lowest BCUT2D eigenvalue weighted by Gasteiger charge is -2.33. The average Bonchev–Trinajstić information content (AvgIpc) is 2.83. The Labute approximate surface area is 117 Å². The van der Waals surface area contributed by atoms with Gasteiger partial charge in [0, 0.05) is 13.2 Å². The fourth-order valence-corrected chi connectivity index (χ4v) is 2.54. The predicted molar refractivity (Wildman–Crippen MR) is 72.0 cm³/mol. The van der Waals surface area contributed by atoms with Gasteiger partial charge in [0.05, 0.1) is 12.2 Å². The third kappa shape index (κ3) is 3.28. The largest absolute Gasteiger partial charge is 0.480 e. The minimum atomic E-state index is -1.12. The van der Waals surface area contributed by atoms with Crippen LogP contribution in [0.5, 0.6) is 0 Å². The number of urea groups is 1. The van der Waals surface area contributed by atoms with Crippen molar-refractivity contribution < 1.29 is 14.7 Å². The second kappa shape index (κ2) is 5.94. The number of carbonyl (C=O) groups is 2. The first-order valence-electron chi connectivity index (χ1n) is 6.80. The third-order valence-electron chi connectivity index (χ3n) is 3.67. The van der Waals surface area contributed by atoms with Gasteiger partial charge in [-0.2, -0.15) is 5.10 Å². The van der Waals surface area contributed by atoms with Gasteiger partial charge in [0.2, 0.25) is 0 Å². The Morgan fingerprint density at radius 3 is 2.65 bits per heavy atom. The number of aliphatic carboxylic acids is 1. The highest BCUT2D eigenvalue weighted by molar-refractivity contribution is 5.86. The van der Waals surface area contributed by atoms with Crippen molar-refractivity contribution in [2.75, 3.05) is 0 Å². The number of nitrogens with one attached hydrogen (secondary N) is 2. The fraction of sp³-hybridized carbons (Fsp3) is 0.615. The van der Waals surface area contributed by atoms with E-state index in [-0.39, 0.29) is 6.54 Å². The Morgan fingerprint density at radius 2 is 2.10 bits per heavy atom. The molecule has 0 atom stereocenters. The number of rotatable bonds is 4. The molecule has 7 heteroatoms. The lowest BCUT2D eigenvalue weighted by molar-refractivity contribution is -0.145. The second-order valence-corrected chi connectivity index (χ2v) is 5.24. The van der Waals surface area contributed by atoms with Crippen molar-refractivity contribution in [3.8, 4) is 0 Å². The smallest absolute Gasteiger partial charge is 0.329 e. The number of carboxylic acids is 1. The summed E-state index contributed by atoms with van der Waals surface area (Å²) in [5.74, 6) is -0.954. The van der Waals surface area contributed by atoms with Crippen molar-refractivity contribution in [3.05, 3.63) is 18.0 Å². The van der Waals surface area contributed by atoms with Gasteiger partial charge in [-0.25, -0.2) is 9.59 Å². The molecular weight excluding hydrogens is 260 g/mol. The van der Waals surface area contributed by atoms with Crippen LogP contribution >= 0.6 is 0 Å². The topological polar surface area (TPSA) is 96.2 Å². The van der Waals surface area contributed by atoms with Crippen molar-refractivity contribution in [3.63, 3.8) is 0 Å². The van der Waals surface area contributed by atoms with E-state index in [1.54, 1.807) is 24.0 Å². The highest BCUT2D eigenvalue weighted by Crippen LogP contribution is 2.28. The lowest BCUT2D eigenvalue weighted by atomic mass is 9.82. The number of carbonyl (C=O) groups excluding carboxylic acids is 1. The lowest BCUT2D eigenvalue weighted by Crippen LogP contribution is -2.57. The first kappa shape index (κ1) is 14.4. The zero-order valence-electron chi connectivity index (χ0n) is 11.6. The third-order valence-corrected chi connectivity index (χ3v) is 3.67. The maximum absolute atomic E-state index is 11.9. The molecule has 2 amide bonds. The highest BCUT2D eigenvalue weighted by atomic mass is 16.4. The van der Waals surface area contributed by atoms with Crippen LogP contribution in [0.15, 0.2) is 12.3 Å². The van der Waals surface area contributed by atoms with Gasteiger partial charge in [-0.15, -0.1) is 0 Å². The Balaban J connectivity index is 1.90. The molecule has 2 rings (SSSR count). The molecule has 1 aliphatic carbocycles. The summed E-state index contributed by atoms with van der Waals surface area (Å²) < 4.78 is 1.65. The summed E-state index contributed by atoms with van der Waals surface area (Å²) in [5, 5.41) is 18.8. The number of carboxylic acid groups (broad SMARTS) is 1. The zero-order valence-corrected chi connectivity index (χ0v) is 11.6. The number of aromatic nitrogens is 2. The molecule has 1 aliphatic rings. The van der Waals surface area contributed by atoms with E-state index in [0.29, 0.717) is 12.8 Å². The van der Waals surface area contributed by atoms with Gasteiger partial charge in [0.25, 0.3) is 0 Å². The molecule has 7 nitrogen and oxygen atoms in total. The van der Waals surface area contributed by atoms with Crippen molar-refractivity contribution in [1.29, 1.82) is 0 Å². The van der Waals surface area contributed by atoms with Crippen LogP contribution in [0.3, 0.4) is 0 Å². The molecule has 0 unspecified atom stereocenters. The summed E-state index contributed by atoms with van der Waals surface area (Å²) in [5.41, 5.74) is -0.387. The van der Waals surface area contributed by atoms with Crippen LogP contribution in [-0.2, 0) is 18.4 Å². The Hall–Kier alpha value is -2.05. The van der Waals surface area contributed by atoms with Gasteiger partial charge in [-0.1, -0.05) is 19.3 Å². The van der Waals surface area contributed by atoms with Crippen LogP contribution in [0.2, 0.25) is 0 Å². The molecule has 0 spiro atoms. The molecule has 20 heavy (non-hydrogen) atoms. The number of amides is 2. The molecular formula is C13H20N4O3. The van der Waals surface area contributed by atoms with E-state index in [9.17, 15) is 14.7 Å². The fourth-order valence-electron chi connectivity index (χ4n) is 2.54. The summed E-state index contributed by atoms with van der Waals surface area (Å²) in [6.07, 6.45) is 5.43. The molecule has 3 N–H and O–H groups in total. The number of hydrogen-bond donors (Lipinski definition) is 3. The van der Waals surface area contributed by atoms with E-state index in [4.69, 9.17) is 0 Å². The van der Waals surface area contributed by atoms with E-state index in [1.165, 1.54) is 0 Å². The molecule has 0 radical (unpaired) electrons. The second-order valence-electron chi connectivity index (χ2n) is 5.24. The Morgan fingerprint density at radius 1 is 1.40 bits per heavy atom. The van der Waals surface area contributed by atoms with Crippen LogP contribution in [-0.4, -0.2) is 32.4 Å². The standard InChI is InChI=1S/C13H20N4O3/c1-17-8-5-10(16-17)9-14-12(20)15-13(11(18)19)6-3-2-4-7-13/h5,8H,2-4,6-7,9H2,1H3,(H,18,19)(H2,14,15,20). The van der Waals surface area contributed by atoms with Crippen molar-refractivity contribution in [1.82, 2.24) is 20.4 Å². The molecule has 0 bridgehead atoms. The van der Waals surface area contributed by atoms with Gasteiger partial charge in [0.1, 0.15) is 5.54 Å². The number of nitrogens with zero attached hydrogens (tertiary/aromatic N) is 2. The molecule has 0 aliphatic heterocycles. The number of aryl methyl sites for hydroxylation is 1. The summed E-state index contributed by atoms with van der Waals surface area (Å²) in [7, 11) is 1.80. The summed E-state index contributed by atoms with van der Waals surface area (Å²) >= 11 is 0. The van der Waals surface area contributed by atoms with Crippen LogP contribution in [0.4, 0.5) is 4.79 Å². The minimum Gasteiger partial charge on any atom is -0.480 e. The van der Waals surface area contributed by atoms with E-state index in [1.807, 2.05) is 0 Å². The molecule has 1 aromatic heterocycles. The molecule has 0 aromatic carbocycles. The van der Waals surface area contributed by atoms with Gasteiger partial charge in [-0.05, 0) is 18.9 Å². The molecule has 1 saturated carbocycles. The molecule has 1 heterocycles. The summed E-state index contributed by atoms with van der Waals surface area (Å²) in [4.78, 5) is 23.3. The number of hydrogen-bond acceptors (Lipinski definition) is 3. The summed E-state index contributed by atoms with van der Waals surface area (Å²) in [6.45, 7) is 0.280. The normalized spacial score (nSPS) is 17.4. The monoisotopic (exact) mass is 280 g/mol. The van der Waals surface area contributed by atoms with E-state index in [0.717, 1.165) is 25.0 Å². The molecule has 110 valence electrons. The van der Waals surface area contributed by atoms with Gasteiger partial charge >= 0.3 is 12.0 Å². The summed E-state index contributed by atoms with van der Waals surface area (Å²) in [6, 6.07) is 1.34. The van der Waals surface area contributed by atoms with Crippen LogP contribution in [0.25, 0.3) is 0 Å². The van der Waals surface area contributed by atoms with Crippen molar-refractivity contribution in [2.45, 2.75) is 44.2 Å². The molecule has 1 fully saturated rings. The molecule has 0 saturated heterocycles. The predicted octanol–water partition coefficient (Wildman–Crippen LogP) is 1.01. The van der Waals surface area contributed by atoms with Crippen molar-refractivity contribution >= 4 is 12.0 Å². The Bertz CT molecular complexity index is 492. The zero-order chi connectivity index (χ0) is 14.6. The van der Waals surface area contributed by atoms with E-state index >= 15 is 0 Å². The first-order chi connectivity index (χ1) is 9.52. The highest BCUT2D eigenvalue weighted by Gasteiger charge is 2.40. The quantitative estimate of drug-likeness (QED) is 0.766. The first-order valence-corrected chi connectivity index (χ1v) is 6.80. The van der Waals surface area contributed by atoms with Crippen LogP contribution < -0.4 is 10.6 Å². The maximum atomic E-state index is 11.9. The minimum absolute atomic E-state index is 0.280. The van der Waals surface area contributed by atoms with Crippen LogP contribution in [0, 0.1) is 0 Å². The van der Waals surface area contributed by atoms with E-state index in [2.05, 4.69) is 15.7 Å². The Kier molecular flexibility index (Phi) is 4.26. The SMILES string of the molecule is Cn1ccc(CNC(=O)NC2(C(=O)O)CCCCC2)n1. The van der Waals surface area contributed by atoms with E-state index < -0.39 is 17.5 Å². The van der Waals surface area contributed by atoms with Gasteiger partial charge in [-0.3, -0.25) is 4.68 Å². The van der Waals surface area contributed by atoms with Crippen LogP contribution in [0.1, 0.15) is 37.8 Å². The molecule has 1 aromatic rings. The van der Waals surface area contributed by atoms with Gasteiger partial charge < -0.3 is 15.7 Å². The van der Waals surface area contributed by atoms with Gasteiger partial charge in [0.15, 0.2) is 0 Å². The average molecular weight is 280 g/mol.